The summed E-state index contributed by atoms with van der Waals surface area (Å²) in [7, 11) is 0. The topological polar surface area (TPSA) is 81.9 Å². The number of halogens is 2. The van der Waals surface area contributed by atoms with Crippen molar-refractivity contribution in [3.05, 3.63) is 70.5 Å². The fourth-order valence-corrected chi connectivity index (χ4v) is 3.23. The highest BCUT2D eigenvalue weighted by atomic mass is 32.1. The zero-order chi connectivity index (χ0) is 19.4. The summed E-state index contributed by atoms with van der Waals surface area (Å²) in [4.78, 5) is 21.1. The molecule has 0 aliphatic heterocycles. The zero-order valence-corrected chi connectivity index (χ0v) is 14.9. The standard InChI is InChI=1S/C18H13F2N5OS/c1-11-16(17(26)22-9-12-5-3-2-4-6-12)24-18(27-11)25(10-21)13-7-14(19)23-15(20)8-13/h2-8H,9H2,1H3,(H,22,26). The van der Waals surface area contributed by atoms with Gasteiger partial charge in [0.05, 0.1) is 5.69 Å². The monoisotopic (exact) mass is 385 g/mol. The molecule has 3 rings (SSSR count). The fraction of sp³-hybridized carbons (Fsp3) is 0.111. The molecule has 0 fully saturated rings. The fourth-order valence-electron chi connectivity index (χ4n) is 2.34. The van der Waals surface area contributed by atoms with Gasteiger partial charge >= 0.3 is 0 Å². The van der Waals surface area contributed by atoms with Crippen molar-refractivity contribution in [3.63, 3.8) is 0 Å². The first-order valence-electron chi connectivity index (χ1n) is 7.80. The Bertz CT molecular complexity index is 996. The number of aromatic nitrogens is 2. The molecular formula is C18H13F2N5OS. The van der Waals surface area contributed by atoms with E-state index in [0.717, 1.165) is 33.9 Å². The molecule has 0 saturated heterocycles. The van der Waals surface area contributed by atoms with E-state index >= 15 is 0 Å². The lowest BCUT2D eigenvalue weighted by Crippen LogP contribution is -2.24. The summed E-state index contributed by atoms with van der Waals surface area (Å²) in [6, 6.07) is 11.2. The van der Waals surface area contributed by atoms with Crippen LogP contribution in [-0.2, 0) is 6.54 Å². The second kappa shape index (κ2) is 7.88. The van der Waals surface area contributed by atoms with Gasteiger partial charge in [-0.3, -0.25) is 4.79 Å². The lowest BCUT2D eigenvalue weighted by atomic mass is 10.2. The second-order valence-corrected chi connectivity index (χ2v) is 6.66. The molecule has 0 atom stereocenters. The van der Waals surface area contributed by atoms with E-state index in [4.69, 9.17) is 0 Å². The minimum absolute atomic E-state index is 0.0625. The SMILES string of the molecule is Cc1sc(N(C#N)c2cc(F)nc(F)c2)nc1C(=O)NCc1ccccc1. The molecule has 9 heteroatoms. The molecule has 0 radical (unpaired) electrons. The number of rotatable bonds is 5. The normalized spacial score (nSPS) is 10.3. The van der Waals surface area contributed by atoms with Crippen LogP contribution >= 0.6 is 11.3 Å². The number of carbonyl (C=O) groups excluding carboxylic acids is 1. The molecule has 27 heavy (non-hydrogen) atoms. The van der Waals surface area contributed by atoms with Crippen molar-refractivity contribution in [2.45, 2.75) is 13.5 Å². The molecule has 1 N–H and O–H groups in total. The number of nitrogens with one attached hydrogen (secondary N) is 1. The Morgan fingerprint density at radius 2 is 1.89 bits per heavy atom. The van der Waals surface area contributed by atoms with Gasteiger partial charge in [-0.2, -0.15) is 19.0 Å². The number of anilines is 2. The molecule has 0 saturated carbocycles. The highest BCUT2D eigenvalue weighted by Gasteiger charge is 2.21. The predicted octanol–water partition coefficient (Wildman–Crippen LogP) is 3.67. The van der Waals surface area contributed by atoms with Crippen molar-refractivity contribution in [2.75, 3.05) is 4.90 Å². The van der Waals surface area contributed by atoms with Gasteiger partial charge in [-0.15, -0.1) is 11.3 Å². The molecule has 0 bridgehead atoms. The van der Waals surface area contributed by atoms with Crippen LogP contribution in [0.15, 0.2) is 42.5 Å². The number of hydrogen-bond donors (Lipinski definition) is 1. The van der Waals surface area contributed by atoms with Gasteiger partial charge in [-0.25, -0.2) is 9.88 Å². The minimum atomic E-state index is -1.06. The van der Waals surface area contributed by atoms with E-state index in [1.807, 2.05) is 36.5 Å². The van der Waals surface area contributed by atoms with E-state index in [0.29, 0.717) is 11.4 Å². The summed E-state index contributed by atoms with van der Waals surface area (Å²) in [5.41, 5.74) is 1.02. The number of pyridine rings is 1. The summed E-state index contributed by atoms with van der Waals surface area (Å²) >= 11 is 1.07. The molecule has 0 spiro atoms. The molecule has 1 amide bonds. The van der Waals surface area contributed by atoms with Crippen LogP contribution in [0.5, 0.6) is 0 Å². The molecule has 6 nitrogen and oxygen atoms in total. The molecule has 1 aromatic carbocycles. The van der Waals surface area contributed by atoms with E-state index < -0.39 is 17.8 Å². The van der Waals surface area contributed by atoms with Crippen molar-refractivity contribution in [2.24, 2.45) is 0 Å². The minimum Gasteiger partial charge on any atom is -0.347 e. The Kier molecular flexibility index (Phi) is 5.38. The third-order valence-corrected chi connectivity index (χ3v) is 4.55. The van der Waals surface area contributed by atoms with Crippen molar-refractivity contribution < 1.29 is 13.6 Å². The summed E-state index contributed by atoms with van der Waals surface area (Å²) in [5, 5.41) is 12.3. The molecule has 0 aliphatic rings. The van der Waals surface area contributed by atoms with Gasteiger partial charge < -0.3 is 5.32 Å². The van der Waals surface area contributed by atoms with Gasteiger partial charge in [0.25, 0.3) is 5.91 Å². The van der Waals surface area contributed by atoms with Crippen LogP contribution in [0.1, 0.15) is 20.9 Å². The van der Waals surface area contributed by atoms with Gasteiger partial charge in [0.2, 0.25) is 17.0 Å². The Morgan fingerprint density at radius 1 is 1.22 bits per heavy atom. The number of aryl methyl sites for hydroxylation is 1. The quantitative estimate of drug-likeness (QED) is 0.412. The molecule has 3 aromatic rings. The Morgan fingerprint density at radius 3 is 2.52 bits per heavy atom. The highest BCUT2D eigenvalue weighted by molar-refractivity contribution is 7.16. The van der Waals surface area contributed by atoms with E-state index in [2.05, 4.69) is 15.3 Å². The number of carbonyl (C=O) groups is 1. The van der Waals surface area contributed by atoms with Crippen molar-refractivity contribution in [1.82, 2.24) is 15.3 Å². The third kappa shape index (κ3) is 4.24. The smallest absolute Gasteiger partial charge is 0.271 e. The predicted molar refractivity (Wildman–Crippen MR) is 96.4 cm³/mol. The average molecular weight is 385 g/mol. The van der Waals surface area contributed by atoms with Crippen LogP contribution in [0.2, 0.25) is 0 Å². The first kappa shape index (κ1) is 18.4. The molecule has 136 valence electrons. The number of hydrogen-bond acceptors (Lipinski definition) is 6. The highest BCUT2D eigenvalue weighted by Crippen LogP contribution is 2.31. The van der Waals surface area contributed by atoms with Crippen LogP contribution < -0.4 is 10.2 Å². The van der Waals surface area contributed by atoms with E-state index in [1.165, 1.54) is 0 Å². The van der Waals surface area contributed by atoms with Crippen LogP contribution in [0.25, 0.3) is 0 Å². The van der Waals surface area contributed by atoms with Crippen LogP contribution in [-0.4, -0.2) is 15.9 Å². The Hall–Kier alpha value is -3.38. The van der Waals surface area contributed by atoms with Crippen molar-refractivity contribution in [3.8, 4) is 6.19 Å². The van der Waals surface area contributed by atoms with E-state index in [-0.39, 0.29) is 16.5 Å². The first-order valence-corrected chi connectivity index (χ1v) is 8.62. The second-order valence-electron chi connectivity index (χ2n) is 5.48. The summed E-state index contributed by atoms with van der Waals surface area (Å²) in [6.07, 6.45) is 1.81. The molecule has 2 heterocycles. The van der Waals surface area contributed by atoms with Gasteiger partial charge in [-0.1, -0.05) is 30.3 Å². The van der Waals surface area contributed by atoms with Gasteiger partial charge in [0, 0.05) is 23.6 Å². The van der Waals surface area contributed by atoms with Crippen LogP contribution in [0, 0.1) is 30.3 Å². The number of nitriles is 1. The molecule has 0 aliphatic carbocycles. The lowest BCUT2D eigenvalue weighted by Gasteiger charge is -2.11. The van der Waals surface area contributed by atoms with Crippen LogP contribution in [0.4, 0.5) is 19.6 Å². The summed E-state index contributed by atoms with van der Waals surface area (Å²) in [5.74, 6) is -2.51. The Balaban J connectivity index is 1.82. The third-order valence-electron chi connectivity index (χ3n) is 3.59. The van der Waals surface area contributed by atoms with E-state index in [9.17, 15) is 18.8 Å². The summed E-state index contributed by atoms with van der Waals surface area (Å²) < 4.78 is 26.7. The van der Waals surface area contributed by atoms with Gasteiger partial charge in [0.1, 0.15) is 5.69 Å². The molecule has 0 unspecified atom stereocenters. The maximum Gasteiger partial charge on any atom is 0.271 e. The van der Waals surface area contributed by atoms with Gasteiger partial charge in [0.15, 0.2) is 6.19 Å². The number of nitrogens with zero attached hydrogens (tertiary/aromatic N) is 4. The number of amides is 1. The zero-order valence-electron chi connectivity index (χ0n) is 14.1. The lowest BCUT2D eigenvalue weighted by molar-refractivity contribution is 0.0946. The number of benzene rings is 1. The molecular weight excluding hydrogens is 372 g/mol. The largest absolute Gasteiger partial charge is 0.347 e. The van der Waals surface area contributed by atoms with Crippen LogP contribution in [0.3, 0.4) is 0 Å². The first-order chi connectivity index (χ1) is 13.0. The average Bonchev–Trinajstić information content (AvgIpc) is 3.02. The van der Waals surface area contributed by atoms with Crippen molar-refractivity contribution in [1.29, 1.82) is 5.26 Å². The molecule has 2 aromatic heterocycles. The van der Waals surface area contributed by atoms with E-state index in [1.54, 1.807) is 6.92 Å². The maximum atomic E-state index is 13.3. The number of thiazole rings is 1. The van der Waals surface area contributed by atoms with Crippen molar-refractivity contribution >= 4 is 28.1 Å². The maximum absolute atomic E-state index is 13.3. The van der Waals surface area contributed by atoms with Gasteiger partial charge in [-0.05, 0) is 12.5 Å². The Labute approximate surface area is 157 Å². The summed E-state index contributed by atoms with van der Waals surface area (Å²) in [6.45, 7) is 2.01.